The molecule has 22 heavy (non-hydrogen) atoms. The number of hydrazone groups is 1. The van der Waals surface area contributed by atoms with Gasteiger partial charge in [0.1, 0.15) is 5.71 Å². The Bertz CT molecular complexity index is 642. The molecule has 1 aliphatic rings. The minimum atomic E-state index is -0.328. The van der Waals surface area contributed by atoms with Gasteiger partial charge in [-0.2, -0.15) is 5.10 Å². The molecule has 118 valence electrons. The molecule has 0 saturated heterocycles. The molecule has 0 saturated carbocycles. The van der Waals surface area contributed by atoms with Gasteiger partial charge in [-0.15, -0.1) is 0 Å². The number of amides is 2. The van der Waals surface area contributed by atoms with Gasteiger partial charge >= 0.3 is 0 Å². The standard InChI is InChI=1S/C17H23N3O2/c1-11-6-7-12(2)14(10-11)20-15(21)9-8-13(19-20)16(22)18-17(3,4)5/h6-7,10H,8-9H2,1-5H3,(H,18,22). The summed E-state index contributed by atoms with van der Waals surface area (Å²) in [7, 11) is 0. The van der Waals surface area contributed by atoms with Crippen molar-refractivity contribution in [3.63, 3.8) is 0 Å². The lowest BCUT2D eigenvalue weighted by molar-refractivity contribution is -0.119. The lowest BCUT2D eigenvalue weighted by Gasteiger charge is -2.26. The second kappa shape index (κ2) is 5.91. The van der Waals surface area contributed by atoms with Crippen molar-refractivity contribution in [2.75, 3.05) is 5.01 Å². The largest absolute Gasteiger partial charge is 0.346 e. The molecular formula is C17H23N3O2. The predicted octanol–water partition coefficient (Wildman–Crippen LogP) is 2.70. The zero-order chi connectivity index (χ0) is 16.5. The quantitative estimate of drug-likeness (QED) is 0.913. The molecule has 0 bridgehead atoms. The van der Waals surface area contributed by atoms with Crippen LogP contribution in [-0.2, 0) is 9.59 Å². The van der Waals surface area contributed by atoms with Gasteiger partial charge in [0.25, 0.3) is 5.91 Å². The molecule has 1 aliphatic heterocycles. The summed E-state index contributed by atoms with van der Waals surface area (Å²) in [4.78, 5) is 24.5. The number of hydrogen-bond donors (Lipinski definition) is 1. The number of carbonyl (C=O) groups excluding carboxylic acids is 2. The van der Waals surface area contributed by atoms with E-state index < -0.39 is 0 Å². The molecule has 0 spiro atoms. The first-order chi connectivity index (χ1) is 10.2. The van der Waals surface area contributed by atoms with Crippen molar-refractivity contribution in [3.8, 4) is 0 Å². The first-order valence-corrected chi connectivity index (χ1v) is 7.47. The molecular weight excluding hydrogens is 278 g/mol. The van der Waals surface area contributed by atoms with Crippen LogP contribution < -0.4 is 10.3 Å². The first kappa shape index (κ1) is 16.2. The fourth-order valence-electron chi connectivity index (χ4n) is 2.27. The van der Waals surface area contributed by atoms with Crippen LogP contribution in [0, 0.1) is 13.8 Å². The summed E-state index contributed by atoms with van der Waals surface area (Å²) in [5.74, 6) is -0.295. The SMILES string of the molecule is Cc1ccc(C)c(N2N=C(C(=O)NC(C)(C)C)CCC2=O)c1. The van der Waals surface area contributed by atoms with Gasteiger partial charge < -0.3 is 5.32 Å². The topological polar surface area (TPSA) is 61.8 Å². The van der Waals surface area contributed by atoms with Crippen molar-refractivity contribution in [1.29, 1.82) is 0 Å². The maximum absolute atomic E-state index is 12.3. The van der Waals surface area contributed by atoms with E-state index in [1.54, 1.807) is 0 Å². The third-order valence-corrected chi connectivity index (χ3v) is 3.38. The zero-order valence-electron chi connectivity index (χ0n) is 13.9. The van der Waals surface area contributed by atoms with E-state index >= 15 is 0 Å². The highest BCUT2D eigenvalue weighted by Gasteiger charge is 2.28. The van der Waals surface area contributed by atoms with Crippen molar-refractivity contribution < 1.29 is 9.59 Å². The van der Waals surface area contributed by atoms with Crippen LogP contribution in [0.25, 0.3) is 0 Å². The van der Waals surface area contributed by atoms with Crippen molar-refractivity contribution in [2.24, 2.45) is 5.10 Å². The fourth-order valence-corrected chi connectivity index (χ4v) is 2.27. The lowest BCUT2D eigenvalue weighted by atomic mass is 10.1. The highest BCUT2D eigenvalue weighted by atomic mass is 16.2. The number of rotatable bonds is 2. The number of nitrogens with zero attached hydrogens (tertiary/aromatic N) is 2. The van der Waals surface area contributed by atoms with Crippen LogP contribution in [0.1, 0.15) is 44.7 Å². The Hall–Kier alpha value is -2.17. The molecule has 0 aliphatic carbocycles. The van der Waals surface area contributed by atoms with Crippen LogP contribution >= 0.6 is 0 Å². The Morgan fingerprint density at radius 2 is 1.91 bits per heavy atom. The van der Waals surface area contributed by atoms with Gasteiger partial charge in [-0.1, -0.05) is 12.1 Å². The summed E-state index contributed by atoms with van der Waals surface area (Å²) in [6.45, 7) is 9.65. The molecule has 2 amide bonds. The van der Waals surface area contributed by atoms with Gasteiger partial charge in [-0.05, 0) is 51.8 Å². The van der Waals surface area contributed by atoms with Crippen molar-refractivity contribution in [3.05, 3.63) is 29.3 Å². The molecule has 0 radical (unpaired) electrons. The Morgan fingerprint density at radius 3 is 2.55 bits per heavy atom. The molecule has 1 aromatic carbocycles. The van der Waals surface area contributed by atoms with Crippen molar-refractivity contribution >= 4 is 23.2 Å². The van der Waals surface area contributed by atoms with Gasteiger partial charge in [0.15, 0.2) is 0 Å². The van der Waals surface area contributed by atoms with Gasteiger partial charge in [-0.3, -0.25) is 9.59 Å². The molecule has 0 aromatic heterocycles. The minimum Gasteiger partial charge on any atom is -0.346 e. The Labute approximate surface area is 131 Å². The Kier molecular flexibility index (Phi) is 4.35. The molecule has 1 aromatic rings. The lowest BCUT2D eigenvalue weighted by Crippen LogP contribution is -2.46. The van der Waals surface area contributed by atoms with E-state index in [0.717, 1.165) is 16.8 Å². The third-order valence-electron chi connectivity index (χ3n) is 3.38. The average Bonchev–Trinajstić information content (AvgIpc) is 2.40. The predicted molar refractivity (Wildman–Crippen MR) is 88.0 cm³/mol. The van der Waals surface area contributed by atoms with E-state index in [1.807, 2.05) is 52.8 Å². The van der Waals surface area contributed by atoms with Crippen LogP contribution in [0.2, 0.25) is 0 Å². The van der Waals surface area contributed by atoms with E-state index in [0.29, 0.717) is 18.6 Å². The molecule has 5 heteroatoms. The van der Waals surface area contributed by atoms with Crippen molar-refractivity contribution in [2.45, 2.75) is 53.0 Å². The number of nitrogens with one attached hydrogen (secondary N) is 1. The van der Waals surface area contributed by atoms with E-state index in [9.17, 15) is 9.59 Å². The fraction of sp³-hybridized carbons (Fsp3) is 0.471. The highest BCUT2D eigenvalue weighted by molar-refractivity contribution is 6.40. The van der Waals surface area contributed by atoms with E-state index in [2.05, 4.69) is 10.4 Å². The summed E-state index contributed by atoms with van der Waals surface area (Å²) in [5.41, 5.74) is 2.82. The normalized spacial score (nSPS) is 15.6. The van der Waals surface area contributed by atoms with E-state index in [-0.39, 0.29) is 17.4 Å². The second-order valence-electron chi connectivity index (χ2n) is 6.75. The number of aryl methyl sites for hydroxylation is 2. The Morgan fingerprint density at radius 1 is 1.23 bits per heavy atom. The van der Waals surface area contributed by atoms with E-state index in [4.69, 9.17) is 0 Å². The number of carbonyl (C=O) groups is 2. The second-order valence-corrected chi connectivity index (χ2v) is 6.75. The monoisotopic (exact) mass is 301 g/mol. The molecule has 2 rings (SSSR count). The number of anilines is 1. The van der Waals surface area contributed by atoms with Crippen LogP contribution in [0.3, 0.4) is 0 Å². The molecule has 0 fully saturated rings. The zero-order valence-corrected chi connectivity index (χ0v) is 13.9. The number of hydrogen-bond acceptors (Lipinski definition) is 3. The maximum Gasteiger partial charge on any atom is 0.267 e. The molecule has 0 unspecified atom stereocenters. The van der Waals surface area contributed by atoms with Gasteiger partial charge in [0, 0.05) is 18.4 Å². The summed E-state index contributed by atoms with van der Waals surface area (Å²) in [6.07, 6.45) is 0.673. The molecule has 1 heterocycles. The molecule has 1 N–H and O–H groups in total. The first-order valence-electron chi connectivity index (χ1n) is 7.47. The van der Waals surface area contributed by atoms with Gasteiger partial charge in [-0.25, -0.2) is 5.01 Å². The summed E-state index contributed by atoms with van der Waals surface area (Å²) in [6, 6.07) is 5.86. The maximum atomic E-state index is 12.3. The molecule has 5 nitrogen and oxygen atoms in total. The smallest absolute Gasteiger partial charge is 0.267 e. The summed E-state index contributed by atoms with van der Waals surface area (Å²) in [5, 5.41) is 8.57. The minimum absolute atomic E-state index is 0.0824. The van der Waals surface area contributed by atoms with Crippen LogP contribution in [0.15, 0.2) is 23.3 Å². The van der Waals surface area contributed by atoms with E-state index in [1.165, 1.54) is 5.01 Å². The van der Waals surface area contributed by atoms with Crippen LogP contribution in [0.5, 0.6) is 0 Å². The van der Waals surface area contributed by atoms with Crippen molar-refractivity contribution in [1.82, 2.24) is 5.32 Å². The highest BCUT2D eigenvalue weighted by Crippen LogP contribution is 2.25. The third kappa shape index (κ3) is 3.72. The van der Waals surface area contributed by atoms with Crippen LogP contribution in [-0.4, -0.2) is 23.1 Å². The average molecular weight is 301 g/mol. The van der Waals surface area contributed by atoms with Gasteiger partial charge in [0.05, 0.1) is 5.69 Å². The summed E-state index contributed by atoms with van der Waals surface area (Å²) >= 11 is 0. The number of benzene rings is 1. The van der Waals surface area contributed by atoms with Crippen LogP contribution in [0.4, 0.5) is 5.69 Å². The Balaban J connectivity index is 2.34. The molecule has 0 atom stereocenters. The summed E-state index contributed by atoms with van der Waals surface area (Å²) < 4.78 is 0. The van der Waals surface area contributed by atoms with Gasteiger partial charge in [0.2, 0.25) is 5.91 Å².